The number of nitrogens with one attached hydrogen (secondary N) is 2. The molecule has 0 aliphatic carbocycles. The molecule has 0 radical (unpaired) electrons. The number of carbonyl (C=O) groups excluding carboxylic acids is 1. The lowest BCUT2D eigenvalue weighted by molar-refractivity contribution is -0.130. The fraction of sp³-hybridized carbons (Fsp3) is 0.579. The molecule has 6 nitrogen and oxygen atoms in total. The Bertz CT molecular complexity index is 559. The summed E-state index contributed by atoms with van der Waals surface area (Å²) in [6.07, 6.45) is 0.154. The maximum Gasteiger partial charge on any atom is 0.224 e. The average molecular weight is 366 g/mol. The van der Waals surface area contributed by atoms with Gasteiger partial charge < -0.3 is 20.3 Å². The van der Waals surface area contributed by atoms with Crippen LogP contribution in [0.2, 0.25) is 0 Å². The minimum atomic E-state index is -0.278. The van der Waals surface area contributed by atoms with Crippen molar-refractivity contribution in [1.29, 1.82) is 0 Å². The van der Waals surface area contributed by atoms with Gasteiger partial charge in [0.05, 0.1) is 6.54 Å². The molecular weight excluding hydrogens is 335 g/mol. The van der Waals surface area contributed by atoms with E-state index in [4.69, 9.17) is 4.74 Å². The fourth-order valence-corrected chi connectivity index (χ4v) is 2.53. The second-order valence-electron chi connectivity index (χ2n) is 5.74. The molecule has 146 valence electrons. The smallest absolute Gasteiger partial charge is 0.224 e. The summed E-state index contributed by atoms with van der Waals surface area (Å²) in [6, 6.07) is 6.21. The molecule has 1 amide bonds. The van der Waals surface area contributed by atoms with Crippen molar-refractivity contribution in [2.75, 3.05) is 39.8 Å². The van der Waals surface area contributed by atoms with E-state index in [1.807, 2.05) is 20.8 Å². The highest BCUT2D eigenvalue weighted by molar-refractivity contribution is 5.81. The molecule has 7 heteroatoms. The third-order valence-electron chi connectivity index (χ3n) is 4.03. The third-order valence-corrected chi connectivity index (χ3v) is 4.03. The Kier molecular flexibility index (Phi) is 10.3. The number of methoxy groups -OCH3 is 1. The van der Waals surface area contributed by atoms with E-state index in [0.29, 0.717) is 32.0 Å². The standard InChI is InChI=1S/C19H31FN4O2/c1-5-21-19(22-13-12-18(25)24(6-2)7-3)23-14-17(26-4)15-8-10-16(20)11-9-15/h8-11,17H,5-7,12-14H2,1-4H3,(H2,21,22,23). The monoisotopic (exact) mass is 366 g/mol. The van der Waals surface area contributed by atoms with Crippen molar-refractivity contribution >= 4 is 11.9 Å². The van der Waals surface area contributed by atoms with Crippen LogP contribution in [0.1, 0.15) is 38.9 Å². The SMILES string of the molecule is CCNC(=NCC(OC)c1ccc(F)cc1)NCCC(=O)N(CC)CC. The van der Waals surface area contributed by atoms with E-state index in [0.717, 1.165) is 18.7 Å². The Hall–Kier alpha value is -2.15. The normalized spacial score (nSPS) is 12.6. The minimum absolute atomic E-state index is 0.124. The summed E-state index contributed by atoms with van der Waals surface area (Å²) < 4.78 is 18.5. The van der Waals surface area contributed by atoms with Crippen LogP contribution in [0.15, 0.2) is 29.3 Å². The quantitative estimate of drug-likeness (QED) is 0.493. The molecule has 1 atom stereocenters. The molecule has 0 bridgehead atoms. The number of hydrogen-bond acceptors (Lipinski definition) is 3. The van der Waals surface area contributed by atoms with Gasteiger partial charge >= 0.3 is 0 Å². The molecule has 1 aromatic carbocycles. The molecule has 0 aliphatic heterocycles. The molecule has 0 fully saturated rings. The summed E-state index contributed by atoms with van der Waals surface area (Å²) in [5.74, 6) is 0.475. The molecular formula is C19H31FN4O2. The van der Waals surface area contributed by atoms with Gasteiger partial charge in [-0.1, -0.05) is 12.1 Å². The first-order valence-electron chi connectivity index (χ1n) is 9.13. The summed E-state index contributed by atoms with van der Waals surface area (Å²) in [4.78, 5) is 18.4. The molecule has 0 aliphatic rings. The van der Waals surface area contributed by atoms with Crippen LogP contribution in [0, 0.1) is 5.82 Å². The summed E-state index contributed by atoms with van der Waals surface area (Å²) >= 11 is 0. The molecule has 0 spiro atoms. The van der Waals surface area contributed by atoms with Crippen molar-refractivity contribution in [3.05, 3.63) is 35.6 Å². The lowest BCUT2D eigenvalue weighted by atomic mass is 10.1. The van der Waals surface area contributed by atoms with E-state index in [9.17, 15) is 9.18 Å². The van der Waals surface area contributed by atoms with Gasteiger partial charge in [-0.2, -0.15) is 0 Å². The van der Waals surface area contributed by atoms with Gasteiger partial charge in [-0.15, -0.1) is 0 Å². The van der Waals surface area contributed by atoms with Gasteiger partial charge in [0, 0.05) is 39.7 Å². The molecule has 1 rings (SSSR count). The zero-order chi connectivity index (χ0) is 19.4. The Morgan fingerprint density at radius 1 is 1.19 bits per heavy atom. The van der Waals surface area contributed by atoms with Gasteiger partial charge in [0.15, 0.2) is 5.96 Å². The molecule has 2 N–H and O–H groups in total. The van der Waals surface area contributed by atoms with Crippen LogP contribution in [-0.4, -0.2) is 56.6 Å². The molecule has 0 heterocycles. The third kappa shape index (κ3) is 7.39. The highest BCUT2D eigenvalue weighted by atomic mass is 19.1. The minimum Gasteiger partial charge on any atom is -0.375 e. The molecule has 0 aromatic heterocycles. The number of benzene rings is 1. The molecule has 0 saturated carbocycles. The van der Waals surface area contributed by atoms with Gasteiger partial charge in [0.1, 0.15) is 11.9 Å². The number of aliphatic imine (C=N–C) groups is 1. The second-order valence-corrected chi connectivity index (χ2v) is 5.74. The fourth-order valence-electron chi connectivity index (χ4n) is 2.53. The van der Waals surface area contributed by atoms with Crippen LogP contribution in [0.5, 0.6) is 0 Å². The van der Waals surface area contributed by atoms with Crippen LogP contribution < -0.4 is 10.6 Å². The molecule has 0 saturated heterocycles. The van der Waals surface area contributed by atoms with Crippen molar-refractivity contribution in [2.24, 2.45) is 4.99 Å². The lowest BCUT2D eigenvalue weighted by Gasteiger charge is -2.19. The van der Waals surface area contributed by atoms with E-state index < -0.39 is 0 Å². The number of hydrogen-bond donors (Lipinski definition) is 2. The van der Waals surface area contributed by atoms with Crippen LogP contribution in [0.25, 0.3) is 0 Å². The van der Waals surface area contributed by atoms with E-state index in [1.54, 1.807) is 24.1 Å². The molecule has 26 heavy (non-hydrogen) atoms. The highest BCUT2D eigenvalue weighted by Crippen LogP contribution is 2.17. The molecule has 1 unspecified atom stereocenters. The Morgan fingerprint density at radius 3 is 2.38 bits per heavy atom. The number of rotatable bonds is 10. The summed E-state index contributed by atoms with van der Waals surface area (Å²) in [5.41, 5.74) is 0.866. The van der Waals surface area contributed by atoms with Crippen molar-refractivity contribution in [1.82, 2.24) is 15.5 Å². The Labute approximate surface area is 155 Å². The van der Waals surface area contributed by atoms with Crippen LogP contribution in [0.3, 0.4) is 0 Å². The zero-order valence-corrected chi connectivity index (χ0v) is 16.2. The first kappa shape index (κ1) is 21.9. The number of nitrogens with zero attached hydrogens (tertiary/aromatic N) is 2. The first-order chi connectivity index (χ1) is 12.5. The predicted molar refractivity (Wildman–Crippen MR) is 103 cm³/mol. The topological polar surface area (TPSA) is 66.0 Å². The maximum absolute atomic E-state index is 13.1. The first-order valence-corrected chi connectivity index (χ1v) is 9.13. The van der Waals surface area contributed by atoms with Gasteiger partial charge in [0.2, 0.25) is 5.91 Å². The number of amides is 1. The van der Waals surface area contributed by atoms with Crippen molar-refractivity contribution in [3.8, 4) is 0 Å². The maximum atomic E-state index is 13.1. The lowest BCUT2D eigenvalue weighted by Crippen LogP contribution is -2.40. The van der Waals surface area contributed by atoms with Gasteiger partial charge in [-0.25, -0.2) is 4.39 Å². The zero-order valence-electron chi connectivity index (χ0n) is 16.2. The van der Waals surface area contributed by atoms with Gasteiger partial charge in [0.25, 0.3) is 0 Å². The van der Waals surface area contributed by atoms with Crippen LogP contribution in [0.4, 0.5) is 4.39 Å². The van der Waals surface area contributed by atoms with Crippen molar-refractivity contribution in [2.45, 2.75) is 33.3 Å². The van der Waals surface area contributed by atoms with E-state index >= 15 is 0 Å². The number of carbonyl (C=O) groups is 1. The van der Waals surface area contributed by atoms with E-state index in [2.05, 4.69) is 15.6 Å². The predicted octanol–water partition coefficient (Wildman–Crippen LogP) is 2.33. The second kappa shape index (κ2) is 12.2. The van der Waals surface area contributed by atoms with Gasteiger partial charge in [-0.3, -0.25) is 9.79 Å². The summed E-state index contributed by atoms with van der Waals surface area (Å²) in [7, 11) is 1.60. The highest BCUT2D eigenvalue weighted by Gasteiger charge is 2.12. The summed E-state index contributed by atoms with van der Waals surface area (Å²) in [6.45, 7) is 8.97. The average Bonchev–Trinajstić information content (AvgIpc) is 2.64. The number of ether oxygens (including phenoxy) is 1. The van der Waals surface area contributed by atoms with E-state index in [1.165, 1.54) is 12.1 Å². The molecule has 1 aromatic rings. The van der Waals surface area contributed by atoms with Crippen LogP contribution >= 0.6 is 0 Å². The summed E-state index contributed by atoms with van der Waals surface area (Å²) in [5, 5.41) is 6.32. The van der Waals surface area contributed by atoms with Crippen molar-refractivity contribution < 1.29 is 13.9 Å². The number of halogens is 1. The van der Waals surface area contributed by atoms with Crippen molar-refractivity contribution in [3.63, 3.8) is 0 Å². The largest absolute Gasteiger partial charge is 0.375 e. The van der Waals surface area contributed by atoms with Crippen LogP contribution in [-0.2, 0) is 9.53 Å². The Balaban J connectivity index is 2.61. The van der Waals surface area contributed by atoms with Gasteiger partial charge in [-0.05, 0) is 38.5 Å². The number of guanidine groups is 1. The Morgan fingerprint density at radius 2 is 1.85 bits per heavy atom. The van der Waals surface area contributed by atoms with E-state index in [-0.39, 0.29) is 17.8 Å².